The summed E-state index contributed by atoms with van der Waals surface area (Å²) in [5.41, 5.74) is 8.10. The van der Waals surface area contributed by atoms with E-state index in [1.165, 1.54) is 5.56 Å². The Kier molecular flexibility index (Phi) is 2.65. The SMILES string of the molecule is CN(C)C(CN)c1c[nH]c2cc3c(cc12)OCO3. The second-order valence-electron chi connectivity index (χ2n) is 4.71. The summed E-state index contributed by atoms with van der Waals surface area (Å²) in [4.78, 5) is 5.39. The number of aromatic amines is 1. The van der Waals surface area contributed by atoms with E-state index in [2.05, 4.69) is 9.88 Å². The van der Waals surface area contributed by atoms with Crippen molar-refractivity contribution in [1.29, 1.82) is 0 Å². The van der Waals surface area contributed by atoms with E-state index in [0.29, 0.717) is 13.3 Å². The highest BCUT2D eigenvalue weighted by molar-refractivity contribution is 5.87. The van der Waals surface area contributed by atoms with E-state index in [1.807, 2.05) is 32.4 Å². The average molecular weight is 247 g/mol. The molecule has 5 heteroatoms. The van der Waals surface area contributed by atoms with Gasteiger partial charge in [-0.25, -0.2) is 0 Å². The van der Waals surface area contributed by atoms with Gasteiger partial charge in [0.25, 0.3) is 0 Å². The highest BCUT2D eigenvalue weighted by atomic mass is 16.7. The molecule has 3 rings (SSSR count). The van der Waals surface area contributed by atoms with E-state index in [0.717, 1.165) is 22.4 Å². The van der Waals surface area contributed by atoms with Gasteiger partial charge in [0.15, 0.2) is 11.5 Å². The molecule has 18 heavy (non-hydrogen) atoms. The van der Waals surface area contributed by atoms with Crippen LogP contribution >= 0.6 is 0 Å². The molecule has 2 heterocycles. The number of rotatable bonds is 3. The normalized spacial score (nSPS) is 15.6. The number of hydrogen-bond donors (Lipinski definition) is 2. The van der Waals surface area contributed by atoms with Crippen molar-refractivity contribution in [2.24, 2.45) is 5.73 Å². The topological polar surface area (TPSA) is 63.5 Å². The first kappa shape index (κ1) is 11.4. The van der Waals surface area contributed by atoms with Gasteiger partial charge < -0.3 is 25.1 Å². The van der Waals surface area contributed by atoms with Crippen LogP contribution in [0.15, 0.2) is 18.3 Å². The number of likely N-dealkylation sites (N-methyl/N-ethyl adjacent to an activating group) is 1. The van der Waals surface area contributed by atoms with Gasteiger partial charge in [-0.15, -0.1) is 0 Å². The summed E-state index contributed by atoms with van der Waals surface area (Å²) in [5, 5.41) is 1.14. The van der Waals surface area contributed by atoms with Crippen LogP contribution in [0.2, 0.25) is 0 Å². The Labute approximate surface area is 105 Å². The third-order valence-electron chi connectivity index (χ3n) is 3.41. The second kappa shape index (κ2) is 4.19. The molecule has 1 aliphatic rings. The van der Waals surface area contributed by atoms with Crippen LogP contribution < -0.4 is 15.2 Å². The third kappa shape index (κ3) is 1.63. The first-order valence-electron chi connectivity index (χ1n) is 5.98. The fourth-order valence-corrected chi connectivity index (χ4v) is 2.43. The fraction of sp³-hybridized carbons (Fsp3) is 0.385. The summed E-state index contributed by atoms with van der Waals surface area (Å²) in [6, 6.07) is 4.19. The second-order valence-corrected chi connectivity index (χ2v) is 4.71. The first-order chi connectivity index (χ1) is 8.70. The molecule has 0 bridgehead atoms. The van der Waals surface area contributed by atoms with Gasteiger partial charge in [0.05, 0.1) is 0 Å². The van der Waals surface area contributed by atoms with E-state index in [-0.39, 0.29) is 6.04 Å². The zero-order valence-electron chi connectivity index (χ0n) is 10.6. The highest BCUT2D eigenvalue weighted by Gasteiger charge is 2.20. The molecule has 0 aliphatic carbocycles. The van der Waals surface area contributed by atoms with Gasteiger partial charge in [-0.3, -0.25) is 0 Å². The Bertz CT molecular complexity index is 577. The van der Waals surface area contributed by atoms with Crippen LogP contribution in [-0.2, 0) is 0 Å². The maximum atomic E-state index is 5.86. The molecule has 1 aromatic heterocycles. The summed E-state index contributed by atoms with van der Waals surface area (Å²) in [7, 11) is 4.06. The lowest BCUT2D eigenvalue weighted by Gasteiger charge is -2.22. The van der Waals surface area contributed by atoms with Crippen molar-refractivity contribution in [2.75, 3.05) is 27.4 Å². The minimum absolute atomic E-state index is 0.194. The Balaban J connectivity index is 2.13. The van der Waals surface area contributed by atoms with E-state index < -0.39 is 0 Å². The van der Waals surface area contributed by atoms with Crippen molar-refractivity contribution < 1.29 is 9.47 Å². The summed E-state index contributed by atoms with van der Waals surface area (Å²) in [5.74, 6) is 1.60. The molecular formula is C13H17N3O2. The summed E-state index contributed by atoms with van der Waals surface area (Å²) < 4.78 is 10.8. The van der Waals surface area contributed by atoms with E-state index in [4.69, 9.17) is 15.2 Å². The number of nitrogens with zero attached hydrogens (tertiary/aromatic N) is 1. The summed E-state index contributed by atoms with van der Waals surface area (Å²) in [6.45, 7) is 0.875. The zero-order valence-corrected chi connectivity index (χ0v) is 10.6. The van der Waals surface area contributed by atoms with Crippen LogP contribution in [0, 0.1) is 0 Å². The van der Waals surface area contributed by atoms with Crippen LogP contribution in [0.1, 0.15) is 11.6 Å². The number of aromatic nitrogens is 1. The minimum atomic E-state index is 0.194. The average Bonchev–Trinajstić information content (AvgIpc) is 2.93. The molecule has 2 aromatic rings. The number of fused-ring (bicyclic) bond motifs is 2. The molecule has 0 saturated heterocycles. The fourth-order valence-electron chi connectivity index (χ4n) is 2.43. The zero-order chi connectivity index (χ0) is 12.7. The number of benzene rings is 1. The first-order valence-corrected chi connectivity index (χ1v) is 5.98. The van der Waals surface area contributed by atoms with Gasteiger partial charge in [0.2, 0.25) is 6.79 Å². The van der Waals surface area contributed by atoms with Crippen molar-refractivity contribution in [3.8, 4) is 11.5 Å². The lowest BCUT2D eigenvalue weighted by Crippen LogP contribution is -2.26. The van der Waals surface area contributed by atoms with Crippen molar-refractivity contribution in [3.63, 3.8) is 0 Å². The maximum absolute atomic E-state index is 5.86. The number of H-pyrrole nitrogens is 1. The van der Waals surface area contributed by atoms with Crippen LogP contribution in [-0.4, -0.2) is 37.3 Å². The van der Waals surface area contributed by atoms with E-state index in [1.54, 1.807) is 0 Å². The smallest absolute Gasteiger partial charge is 0.231 e. The molecule has 0 fully saturated rings. The third-order valence-corrected chi connectivity index (χ3v) is 3.41. The Hall–Kier alpha value is -1.72. The number of nitrogens with two attached hydrogens (primary N) is 1. The van der Waals surface area contributed by atoms with Crippen molar-refractivity contribution in [1.82, 2.24) is 9.88 Å². The quantitative estimate of drug-likeness (QED) is 0.862. The highest BCUT2D eigenvalue weighted by Crippen LogP contribution is 2.38. The molecule has 0 radical (unpaired) electrons. The standard InChI is InChI=1S/C13H17N3O2/c1-16(2)11(5-14)9-6-15-10-4-13-12(3-8(9)10)17-7-18-13/h3-4,6,11,15H,5,7,14H2,1-2H3. The van der Waals surface area contributed by atoms with Gasteiger partial charge >= 0.3 is 0 Å². The molecule has 1 aliphatic heterocycles. The maximum Gasteiger partial charge on any atom is 0.231 e. The largest absolute Gasteiger partial charge is 0.454 e. The van der Waals surface area contributed by atoms with Gasteiger partial charge in [-0.1, -0.05) is 0 Å². The van der Waals surface area contributed by atoms with Crippen LogP contribution in [0.4, 0.5) is 0 Å². The molecule has 0 spiro atoms. The van der Waals surface area contributed by atoms with Gasteiger partial charge in [-0.05, 0) is 25.7 Å². The molecule has 96 valence electrons. The molecule has 3 N–H and O–H groups in total. The number of nitrogens with one attached hydrogen (secondary N) is 1. The van der Waals surface area contributed by atoms with Gasteiger partial charge in [0.1, 0.15) is 0 Å². The Morgan fingerprint density at radius 2 is 2.06 bits per heavy atom. The lowest BCUT2D eigenvalue weighted by molar-refractivity contribution is 0.174. The summed E-state index contributed by atoms with van der Waals surface area (Å²) >= 11 is 0. The lowest BCUT2D eigenvalue weighted by atomic mass is 10.0. The summed E-state index contributed by atoms with van der Waals surface area (Å²) in [6.07, 6.45) is 2.01. The van der Waals surface area contributed by atoms with Crippen molar-refractivity contribution in [2.45, 2.75) is 6.04 Å². The molecule has 0 amide bonds. The molecule has 0 saturated carbocycles. The number of hydrogen-bond acceptors (Lipinski definition) is 4. The molecule has 1 unspecified atom stereocenters. The Morgan fingerprint density at radius 3 is 2.72 bits per heavy atom. The van der Waals surface area contributed by atoms with Gasteiger partial charge in [-0.2, -0.15) is 0 Å². The van der Waals surface area contributed by atoms with Crippen LogP contribution in [0.25, 0.3) is 10.9 Å². The van der Waals surface area contributed by atoms with E-state index >= 15 is 0 Å². The molecule has 1 aromatic carbocycles. The Morgan fingerprint density at radius 1 is 1.33 bits per heavy atom. The van der Waals surface area contributed by atoms with Crippen molar-refractivity contribution >= 4 is 10.9 Å². The van der Waals surface area contributed by atoms with E-state index in [9.17, 15) is 0 Å². The van der Waals surface area contributed by atoms with Crippen LogP contribution in [0.5, 0.6) is 11.5 Å². The van der Waals surface area contributed by atoms with Crippen molar-refractivity contribution in [3.05, 3.63) is 23.9 Å². The molecule has 5 nitrogen and oxygen atoms in total. The van der Waals surface area contributed by atoms with Crippen LogP contribution in [0.3, 0.4) is 0 Å². The predicted octanol–water partition coefficient (Wildman–Crippen LogP) is 1.46. The number of ether oxygens (including phenoxy) is 2. The monoisotopic (exact) mass is 247 g/mol. The predicted molar refractivity (Wildman–Crippen MR) is 69.9 cm³/mol. The molecular weight excluding hydrogens is 230 g/mol. The minimum Gasteiger partial charge on any atom is -0.454 e. The molecule has 1 atom stereocenters. The van der Waals surface area contributed by atoms with Gasteiger partial charge in [0, 0.05) is 35.8 Å².